The number of fused-ring (bicyclic) bond motifs is 7. The normalized spacial score (nSPS) is 20.2. The zero-order valence-electron chi connectivity index (χ0n) is 47.4. The van der Waals surface area contributed by atoms with E-state index >= 15 is 0 Å². The van der Waals surface area contributed by atoms with Crippen LogP contribution in [0.5, 0.6) is 0 Å². The van der Waals surface area contributed by atoms with E-state index in [0.717, 1.165) is 0 Å². The molecule has 0 aliphatic carbocycles. The van der Waals surface area contributed by atoms with Crippen LogP contribution < -0.4 is 0 Å². The summed E-state index contributed by atoms with van der Waals surface area (Å²) in [6.07, 6.45) is 0. The molecular formula is C42H26O. The molecule has 1 heteroatoms. The third-order valence-corrected chi connectivity index (χ3v) is 7.06. The first kappa shape index (κ1) is 9.69. The van der Waals surface area contributed by atoms with Crippen LogP contribution in [-0.2, 0) is 0 Å². The van der Waals surface area contributed by atoms with Gasteiger partial charge in [0.25, 0.3) is 0 Å². The molecule has 0 saturated heterocycles. The second-order valence-electron chi connectivity index (χ2n) is 9.26. The van der Waals surface area contributed by atoms with Crippen LogP contribution in [0.2, 0.25) is 0 Å². The lowest BCUT2D eigenvalue weighted by molar-refractivity contribution is 0.673. The first-order chi connectivity index (χ1) is 32.2. The zero-order valence-corrected chi connectivity index (χ0v) is 21.4. The van der Waals surface area contributed by atoms with Gasteiger partial charge >= 0.3 is 0 Å². The molecule has 1 heterocycles. The van der Waals surface area contributed by atoms with Crippen molar-refractivity contribution in [3.8, 4) is 33.4 Å². The minimum absolute atomic E-state index is 0.455. The highest BCUT2D eigenvalue weighted by Crippen LogP contribution is 2.48. The summed E-state index contributed by atoms with van der Waals surface area (Å²) in [5.74, 6) is 0. The lowest BCUT2D eigenvalue weighted by atomic mass is 9.83. The predicted molar refractivity (Wildman–Crippen MR) is 183 cm³/mol. The second kappa shape index (κ2) is 9.44. The molecule has 0 N–H and O–H groups in total. The van der Waals surface area contributed by atoms with Gasteiger partial charge in [0.2, 0.25) is 0 Å². The fourth-order valence-corrected chi connectivity index (χ4v) is 5.34. The highest BCUT2D eigenvalue weighted by molar-refractivity contribution is 6.27. The van der Waals surface area contributed by atoms with Gasteiger partial charge in [0.15, 0.2) is 0 Å². The molecule has 0 radical (unpaired) electrons. The molecule has 9 rings (SSSR count). The van der Waals surface area contributed by atoms with Gasteiger partial charge in [-0.05, 0) is 72.4 Å². The molecule has 0 atom stereocenters. The summed E-state index contributed by atoms with van der Waals surface area (Å²) in [7, 11) is 0. The third-order valence-electron chi connectivity index (χ3n) is 7.06. The molecule has 9 aromatic rings. The number of hydrogen-bond donors (Lipinski definition) is 0. The van der Waals surface area contributed by atoms with Crippen molar-refractivity contribution < 1.29 is 40.1 Å². The van der Waals surface area contributed by atoms with Gasteiger partial charge < -0.3 is 4.42 Å². The molecule has 1 nitrogen and oxygen atoms in total. The molecule has 8 aromatic carbocycles. The SMILES string of the molecule is [2H]c1c([2H])c([2H])c(-c2c([2H])c([2H])c([2H])c([2H])c2-c2c3c([2H])c([2H])c([2H])c([2H])c3c(-c3c([2H])c([2H])c([2H])c4oc5c6c([2H])c([2H])c([2H])c([2H])c6c([2H])c([2H])c5c34)c3c([2H])c([2H])c([2H])c([2H])c23)c([2H])c1[2H]. The lowest BCUT2D eigenvalue weighted by Crippen LogP contribution is -1.93. The Balaban J connectivity index is 1.69. The maximum absolute atomic E-state index is 9.51. The molecular weight excluding hydrogens is 520 g/mol. The van der Waals surface area contributed by atoms with Gasteiger partial charge in [0, 0.05) is 16.2 Å². The van der Waals surface area contributed by atoms with Crippen molar-refractivity contribution in [2.45, 2.75) is 0 Å². The second-order valence-corrected chi connectivity index (χ2v) is 9.26. The van der Waals surface area contributed by atoms with Crippen LogP contribution in [0.3, 0.4) is 0 Å². The summed E-state index contributed by atoms with van der Waals surface area (Å²) in [6.45, 7) is 0. The molecule has 0 fully saturated rings. The first-order valence-corrected chi connectivity index (χ1v) is 12.7. The molecule has 0 spiro atoms. The highest BCUT2D eigenvalue weighted by atomic mass is 16.3. The average Bonchev–Trinajstić information content (AvgIpc) is 3.72. The van der Waals surface area contributed by atoms with Gasteiger partial charge in [0.1, 0.15) is 11.2 Å². The quantitative estimate of drug-likeness (QED) is 0.192. The average molecular weight is 573 g/mol. The monoisotopic (exact) mass is 572 g/mol. The Morgan fingerprint density at radius 3 is 1.60 bits per heavy atom. The number of benzene rings is 8. The van der Waals surface area contributed by atoms with E-state index in [9.17, 15) is 11.0 Å². The van der Waals surface area contributed by atoms with Crippen molar-refractivity contribution in [1.29, 1.82) is 0 Å². The first-order valence-electron chi connectivity index (χ1n) is 25.7. The van der Waals surface area contributed by atoms with Gasteiger partial charge in [-0.2, -0.15) is 0 Å². The van der Waals surface area contributed by atoms with Gasteiger partial charge in [-0.3, -0.25) is 0 Å². The van der Waals surface area contributed by atoms with Gasteiger partial charge in [0.05, 0.1) is 35.6 Å². The van der Waals surface area contributed by atoms with Crippen LogP contribution in [0.4, 0.5) is 0 Å². The van der Waals surface area contributed by atoms with E-state index < -0.39 is 245 Å². The summed E-state index contributed by atoms with van der Waals surface area (Å²) in [5, 5.41) is -4.97. The van der Waals surface area contributed by atoms with E-state index in [4.69, 9.17) is 29.1 Å². The number of hydrogen-bond acceptors (Lipinski definition) is 1. The fraction of sp³-hybridized carbons (Fsp3) is 0. The van der Waals surface area contributed by atoms with Crippen LogP contribution in [0.25, 0.3) is 87.6 Å². The van der Waals surface area contributed by atoms with Crippen molar-refractivity contribution in [1.82, 2.24) is 0 Å². The number of furan rings is 1. The van der Waals surface area contributed by atoms with Crippen LogP contribution in [0.1, 0.15) is 35.6 Å². The Morgan fingerprint density at radius 1 is 0.372 bits per heavy atom. The van der Waals surface area contributed by atoms with E-state index in [1.54, 1.807) is 0 Å². The Hall–Kier alpha value is -5.66. The zero-order chi connectivity index (χ0) is 51.0. The predicted octanol–water partition coefficient (Wildman–Crippen LogP) is 12.0. The topological polar surface area (TPSA) is 13.1 Å². The summed E-state index contributed by atoms with van der Waals surface area (Å²) in [5.41, 5.74) is -5.82. The van der Waals surface area contributed by atoms with Crippen LogP contribution >= 0.6 is 0 Å². The summed E-state index contributed by atoms with van der Waals surface area (Å²) in [6, 6.07) is -24.3. The van der Waals surface area contributed by atoms with E-state index in [-0.39, 0.29) is 0 Å². The van der Waals surface area contributed by atoms with Crippen molar-refractivity contribution in [3.05, 3.63) is 157 Å². The molecule has 0 bridgehead atoms. The molecule has 0 unspecified atom stereocenters. The van der Waals surface area contributed by atoms with E-state index in [0.29, 0.717) is 0 Å². The largest absolute Gasteiger partial charge is 0.455 e. The molecule has 200 valence electrons. The van der Waals surface area contributed by atoms with Crippen LogP contribution in [0, 0.1) is 0 Å². The van der Waals surface area contributed by atoms with Crippen LogP contribution in [0.15, 0.2) is 162 Å². The van der Waals surface area contributed by atoms with Crippen LogP contribution in [-0.4, -0.2) is 0 Å². The fourth-order valence-electron chi connectivity index (χ4n) is 5.34. The summed E-state index contributed by atoms with van der Waals surface area (Å²) < 4.78 is 239. The minimum atomic E-state index is -1.05. The van der Waals surface area contributed by atoms with E-state index in [1.165, 1.54) is 0 Å². The van der Waals surface area contributed by atoms with E-state index in [1.807, 2.05) is 0 Å². The molecule has 0 saturated carbocycles. The van der Waals surface area contributed by atoms with Gasteiger partial charge in [-0.15, -0.1) is 0 Å². The molecule has 0 aliphatic rings. The smallest absolute Gasteiger partial charge is 0.143 e. The molecule has 1 aromatic heterocycles. The molecule has 0 aliphatic heterocycles. The molecule has 43 heavy (non-hydrogen) atoms. The standard InChI is InChI=1S/C42H26O/c1-2-13-27(14-3-1)29-16-6-7-18-31(29)39-32-19-8-10-21-34(32)40(35-22-11-9-20-33(35)39)36-23-12-24-38-41(36)37-26-25-28-15-4-5-17-30(28)42(37)43-38/h1-26H/i1D,2D,3D,4D,5D,6D,7D,8D,9D,10D,11D,12D,13D,14D,15D,16D,17D,18D,19D,20D,21D,22D,23D,24D,25D,26D. The summed E-state index contributed by atoms with van der Waals surface area (Å²) >= 11 is 0. The third kappa shape index (κ3) is 3.58. The number of rotatable bonds is 3. The van der Waals surface area contributed by atoms with Crippen molar-refractivity contribution in [2.24, 2.45) is 0 Å². The maximum atomic E-state index is 9.51. The Kier molecular flexibility index (Phi) is 2.13. The maximum Gasteiger partial charge on any atom is 0.143 e. The Labute approximate surface area is 285 Å². The van der Waals surface area contributed by atoms with Gasteiger partial charge in [-0.25, -0.2) is 0 Å². The van der Waals surface area contributed by atoms with Crippen molar-refractivity contribution >= 4 is 54.3 Å². The van der Waals surface area contributed by atoms with Crippen molar-refractivity contribution in [2.75, 3.05) is 0 Å². The Bertz CT molecular complexity index is 3860. The lowest BCUT2D eigenvalue weighted by Gasteiger charge is -2.20. The molecule has 0 amide bonds. The highest BCUT2D eigenvalue weighted by Gasteiger charge is 2.21. The van der Waals surface area contributed by atoms with Gasteiger partial charge in [-0.1, -0.05) is 145 Å². The van der Waals surface area contributed by atoms with E-state index in [2.05, 4.69) is 0 Å². The van der Waals surface area contributed by atoms with Crippen molar-refractivity contribution in [3.63, 3.8) is 0 Å². The Morgan fingerprint density at radius 2 is 0.907 bits per heavy atom. The summed E-state index contributed by atoms with van der Waals surface area (Å²) in [4.78, 5) is 0. The minimum Gasteiger partial charge on any atom is -0.455 e.